The first kappa shape index (κ1) is 9.11. The highest BCUT2D eigenvalue weighted by atomic mass is 32.1. The lowest BCUT2D eigenvalue weighted by Gasteiger charge is -2.04. The maximum Gasteiger partial charge on any atom is 0.0998 e. The minimum Gasteiger partial charge on any atom is -0.192 e. The second-order valence-corrected chi connectivity index (χ2v) is 3.40. The molecule has 0 spiro atoms. The van der Waals surface area contributed by atoms with Crippen LogP contribution in [0.5, 0.6) is 0 Å². The van der Waals surface area contributed by atoms with Crippen LogP contribution in [-0.2, 0) is 5.75 Å². The number of nitrogens with zero attached hydrogens (tertiary/aromatic N) is 1. The molecule has 0 bridgehead atoms. The molecule has 0 aliphatic heterocycles. The molecule has 2 aromatic carbocycles. The van der Waals surface area contributed by atoms with Crippen LogP contribution in [0.2, 0.25) is 0 Å². The van der Waals surface area contributed by atoms with Gasteiger partial charge >= 0.3 is 0 Å². The smallest absolute Gasteiger partial charge is 0.0998 e. The molecule has 2 rings (SSSR count). The third-order valence-electron chi connectivity index (χ3n) is 2.31. The maximum atomic E-state index is 8.93. The molecule has 68 valence electrons. The van der Waals surface area contributed by atoms with Gasteiger partial charge < -0.3 is 0 Å². The zero-order chi connectivity index (χ0) is 9.97. The van der Waals surface area contributed by atoms with Crippen LogP contribution >= 0.6 is 12.6 Å². The van der Waals surface area contributed by atoms with Gasteiger partial charge in [-0.25, -0.2) is 0 Å². The standard InChI is InChI=1S/C12H9NS/c13-7-9-5-6-10(8-14)12-4-2-1-3-11(9)12/h1-6,14H,8H2. The third kappa shape index (κ3) is 1.36. The summed E-state index contributed by atoms with van der Waals surface area (Å²) >= 11 is 4.27. The number of thiol groups is 1. The normalized spacial score (nSPS) is 10.0. The van der Waals surface area contributed by atoms with Crippen molar-refractivity contribution in [1.82, 2.24) is 0 Å². The lowest BCUT2D eigenvalue weighted by atomic mass is 10.0. The average molecular weight is 199 g/mol. The van der Waals surface area contributed by atoms with Crippen LogP contribution in [0.25, 0.3) is 10.8 Å². The summed E-state index contributed by atoms with van der Waals surface area (Å²) in [5, 5.41) is 11.1. The molecular weight excluding hydrogens is 190 g/mol. The molecule has 0 heterocycles. The maximum absolute atomic E-state index is 8.93. The van der Waals surface area contributed by atoms with Crippen LogP contribution in [-0.4, -0.2) is 0 Å². The summed E-state index contributed by atoms with van der Waals surface area (Å²) in [6.07, 6.45) is 0. The second-order valence-electron chi connectivity index (χ2n) is 3.09. The molecule has 0 aliphatic carbocycles. The van der Waals surface area contributed by atoms with E-state index in [1.54, 1.807) is 0 Å². The molecule has 2 aromatic rings. The Morgan fingerprint density at radius 2 is 1.79 bits per heavy atom. The lowest BCUT2D eigenvalue weighted by Crippen LogP contribution is -1.85. The van der Waals surface area contributed by atoms with Crippen molar-refractivity contribution in [2.45, 2.75) is 5.75 Å². The SMILES string of the molecule is N#Cc1ccc(CS)c2ccccc12. The molecule has 0 fully saturated rings. The van der Waals surface area contributed by atoms with Crippen LogP contribution < -0.4 is 0 Å². The molecule has 0 amide bonds. The minimum atomic E-state index is 0.701. The van der Waals surface area contributed by atoms with Gasteiger partial charge in [-0.15, -0.1) is 0 Å². The van der Waals surface area contributed by atoms with Gasteiger partial charge in [-0.3, -0.25) is 0 Å². The molecule has 14 heavy (non-hydrogen) atoms. The highest BCUT2D eigenvalue weighted by molar-refractivity contribution is 7.79. The van der Waals surface area contributed by atoms with Crippen LogP contribution in [0, 0.1) is 11.3 Å². The molecule has 1 nitrogen and oxygen atoms in total. The van der Waals surface area contributed by atoms with Crippen molar-refractivity contribution in [3.63, 3.8) is 0 Å². The van der Waals surface area contributed by atoms with Crippen molar-refractivity contribution >= 4 is 23.4 Å². The van der Waals surface area contributed by atoms with E-state index in [4.69, 9.17) is 5.26 Å². The Labute approximate surface area is 88.4 Å². The van der Waals surface area contributed by atoms with Gasteiger partial charge in [0.1, 0.15) is 0 Å². The average Bonchev–Trinajstić information content (AvgIpc) is 2.27. The Balaban J connectivity index is 2.87. The Hall–Kier alpha value is -1.46. The van der Waals surface area contributed by atoms with E-state index in [-0.39, 0.29) is 0 Å². The molecule has 0 N–H and O–H groups in total. The summed E-state index contributed by atoms with van der Waals surface area (Å²) in [6.45, 7) is 0. The first-order valence-electron chi connectivity index (χ1n) is 4.38. The first-order valence-corrected chi connectivity index (χ1v) is 5.01. The van der Waals surface area contributed by atoms with Crippen molar-refractivity contribution in [2.24, 2.45) is 0 Å². The number of rotatable bonds is 1. The highest BCUT2D eigenvalue weighted by Crippen LogP contribution is 2.23. The van der Waals surface area contributed by atoms with E-state index in [2.05, 4.69) is 18.7 Å². The zero-order valence-electron chi connectivity index (χ0n) is 7.57. The van der Waals surface area contributed by atoms with Gasteiger partial charge in [0.15, 0.2) is 0 Å². The summed E-state index contributed by atoms with van der Waals surface area (Å²) in [4.78, 5) is 0. The largest absolute Gasteiger partial charge is 0.192 e. The van der Waals surface area contributed by atoms with Gasteiger partial charge in [0.25, 0.3) is 0 Å². The first-order chi connectivity index (χ1) is 6.86. The molecule has 0 atom stereocenters. The van der Waals surface area contributed by atoms with Gasteiger partial charge in [0, 0.05) is 5.75 Å². The van der Waals surface area contributed by atoms with E-state index in [0.29, 0.717) is 5.75 Å². The van der Waals surface area contributed by atoms with Crippen LogP contribution in [0.4, 0.5) is 0 Å². The van der Waals surface area contributed by atoms with E-state index in [1.807, 2.05) is 36.4 Å². The minimum absolute atomic E-state index is 0.701. The van der Waals surface area contributed by atoms with Gasteiger partial charge in [0.2, 0.25) is 0 Å². The van der Waals surface area contributed by atoms with Crippen LogP contribution in [0.15, 0.2) is 36.4 Å². The Bertz CT molecular complexity index is 511. The van der Waals surface area contributed by atoms with Crippen molar-refractivity contribution in [2.75, 3.05) is 0 Å². The topological polar surface area (TPSA) is 23.8 Å². The van der Waals surface area contributed by atoms with Gasteiger partial charge in [0.05, 0.1) is 11.6 Å². The molecule has 0 unspecified atom stereocenters. The molecule has 2 heteroatoms. The molecule has 0 radical (unpaired) electrons. The van der Waals surface area contributed by atoms with Gasteiger partial charge in [-0.2, -0.15) is 17.9 Å². The number of benzene rings is 2. The number of fused-ring (bicyclic) bond motifs is 1. The molecule has 0 saturated carbocycles. The van der Waals surface area contributed by atoms with E-state index >= 15 is 0 Å². The number of nitriles is 1. The van der Waals surface area contributed by atoms with Gasteiger partial charge in [-0.1, -0.05) is 30.3 Å². The fourth-order valence-corrected chi connectivity index (χ4v) is 1.87. The van der Waals surface area contributed by atoms with E-state index in [9.17, 15) is 0 Å². The Morgan fingerprint density at radius 3 is 2.43 bits per heavy atom. The van der Waals surface area contributed by atoms with Crippen LogP contribution in [0.1, 0.15) is 11.1 Å². The highest BCUT2D eigenvalue weighted by Gasteiger charge is 2.02. The van der Waals surface area contributed by atoms with Crippen molar-refractivity contribution in [3.05, 3.63) is 47.5 Å². The molecule has 0 aromatic heterocycles. The zero-order valence-corrected chi connectivity index (χ0v) is 8.46. The molecular formula is C12H9NS. The molecule has 0 saturated heterocycles. The fraction of sp³-hybridized carbons (Fsp3) is 0.0833. The molecule has 0 aliphatic rings. The number of hydrogen-bond donors (Lipinski definition) is 1. The summed E-state index contributed by atoms with van der Waals surface area (Å²) in [6, 6.07) is 14.0. The monoisotopic (exact) mass is 199 g/mol. The summed E-state index contributed by atoms with van der Waals surface area (Å²) < 4.78 is 0. The van der Waals surface area contributed by atoms with Crippen molar-refractivity contribution in [1.29, 1.82) is 5.26 Å². The summed E-state index contributed by atoms with van der Waals surface area (Å²) in [5.41, 5.74) is 1.90. The van der Waals surface area contributed by atoms with E-state index in [1.165, 1.54) is 5.56 Å². The lowest BCUT2D eigenvalue weighted by molar-refractivity contribution is 1.45. The Morgan fingerprint density at radius 1 is 1.07 bits per heavy atom. The van der Waals surface area contributed by atoms with Crippen molar-refractivity contribution < 1.29 is 0 Å². The predicted molar refractivity (Wildman–Crippen MR) is 61.4 cm³/mol. The fourth-order valence-electron chi connectivity index (χ4n) is 1.60. The van der Waals surface area contributed by atoms with Crippen molar-refractivity contribution in [3.8, 4) is 6.07 Å². The summed E-state index contributed by atoms with van der Waals surface area (Å²) in [7, 11) is 0. The predicted octanol–water partition coefficient (Wildman–Crippen LogP) is 3.14. The third-order valence-corrected chi connectivity index (χ3v) is 2.65. The van der Waals surface area contributed by atoms with Gasteiger partial charge in [-0.05, 0) is 22.4 Å². The van der Waals surface area contributed by atoms with E-state index < -0.39 is 0 Å². The quantitative estimate of drug-likeness (QED) is 0.701. The van der Waals surface area contributed by atoms with E-state index in [0.717, 1.165) is 16.3 Å². The Kier molecular flexibility index (Phi) is 2.43. The number of hydrogen-bond acceptors (Lipinski definition) is 2. The van der Waals surface area contributed by atoms with Crippen LogP contribution in [0.3, 0.4) is 0 Å². The second kappa shape index (κ2) is 3.73. The summed E-state index contributed by atoms with van der Waals surface area (Å²) in [5.74, 6) is 0.701.